The maximum absolute atomic E-state index is 12.8. The fourth-order valence-corrected chi connectivity index (χ4v) is 5.47. The van der Waals surface area contributed by atoms with Crippen LogP contribution in [0.4, 0.5) is 10.5 Å². The summed E-state index contributed by atoms with van der Waals surface area (Å²) >= 11 is 12.6. The van der Waals surface area contributed by atoms with Gasteiger partial charge >= 0.3 is 6.03 Å². The first kappa shape index (κ1) is 21.4. The second-order valence-electron chi connectivity index (χ2n) is 6.39. The SMILES string of the molecule is O=C(Nc1ccc(-n2ccc3cc(Cl)ccc3c2=O)cc1)NS(=O)(=O)c1ccc(Cl)s1. The number of carbonyl (C=O) groups is 1. The molecule has 2 N–H and O–H groups in total. The summed E-state index contributed by atoms with van der Waals surface area (Å²) in [6, 6.07) is 15.0. The largest absolute Gasteiger partial charge is 0.333 e. The number of benzene rings is 2. The number of urea groups is 1. The predicted octanol–water partition coefficient (Wildman–Crippen LogP) is 4.87. The van der Waals surface area contributed by atoms with E-state index in [9.17, 15) is 18.0 Å². The molecule has 11 heteroatoms. The summed E-state index contributed by atoms with van der Waals surface area (Å²) in [5.41, 5.74) is 0.711. The highest BCUT2D eigenvalue weighted by Gasteiger charge is 2.19. The second kappa shape index (κ2) is 8.35. The number of carbonyl (C=O) groups excluding carboxylic acids is 1. The van der Waals surface area contributed by atoms with Gasteiger partial charge in [0.25, 0.3) is 15.6 Å². The number of amides is 2. The zero-order chi connectivity index (χ0) is 22.2. The predicted molar refractivity (Wildman–Crippen MR) is 123 cm³/mol. The van der Waals surface area contributed by atoms with Gasteiger partial charge in [0.1, 0.15) is 4.21 Å². The van der Waals surface area contributed by atoms with E-state index < -0.39 is 16.1 Å². The van der Waals surface area contributed by atoms with E-state index in [1.165, 1.54) is 16.7 Å². The molecule has 0 saturated carbocycles. The van der Waals surface area contributed by atoms with Gasteiger partial charge in [0.05, 0.1) is 4.34 Å². The molecule has 0 bridgehead atoms. The van der Waals surface area contributed by atoms with Crippen molar-refractivity contribution in [1.29, 1.82) is 0 Å². The van der Waals surface area contributed by atoms with Crippen molar-refractivity contribution in [3.8, 4) is 5.69 Å². The monoisotopic (exact) mass is 493 g/mol. The van der Waals surface area contributed by atoms with Gasteiger partial charge in [-0.15, -0.1) is 11.3 Å². The summed E-state index contributed by atoms with van der Waals surface area (Å²) in [6.07, 6.45) is 1.63. The molecule has 7 nitrogen and oxygen atoms in total. The van der Waals surface area contributed by atoms with Crippen molar-refractivity contribution < 1.29 is 13.2 Å². The van der Waals surface area contributed by atoms with Gasteiger partial charge in [-0.2, -0.15) is 0 Å². The van der Waals surface area contributed by atoms with Crippen LogP contribution in [-0.2, 0) is 10.0 Å². The number of anilines is 1. The van der Waals surface area contributed by atoms with Crippen LogP contribution in [0.25, 0.3) is 16.5 Å². The van der Waals surface area contributed by atoms with Gasteiger partial charge in [-0.1, -0.05) is 23.2 Å². The molecule has 2 amide bonds. The fraction of sp³-hybridized carbons (Fsp3) is 0. The molecule has 4 rings (SSSR count). The molecular formula is C20H13Cl2N3O4S2. The Bertz CT molecular complexity index is 1460. The lowest BCUT2D eigenvalue weighted by molar-refractivity contribution is 0.256. The molecule has 4 aromatic rings. The summed E-state index contributed by atoms with van der Waals surface area (Å²) in [5, 5.41) is 4.24. The van der Waals surface area contributed by atoms with Crippen LogP contribution in [-0.4, -0.2) is 19.0 Å². The molecule has 0 saturated heterocycles. The van der Waals surface area contributed by atoms with Gasteiger partial charge in [0, 0.05) is 28.0 Å². The van der Waals surface area contributed by atoms with Crippen molar-refractivity contribution in [3.63, 3.8) is 0 Å². The molecule has 0 unspecified atom stereocenters. The normalized spacial score (nSPS) is 11.4. The molecule has 0 aliphatic carbocycles. The number of nitrogens with zero attached hydrogens (tertiary/aromatic N) is 1. The third-order valence-electron chi connectivity index (χ3n) is 4.31. The van der Waals surface area contributed by atoms with Gasteiger partial charge in [-0.25, -0.2) is 17.9 Å². The number of hydrogen-bond donors (Lipinski definition) is 2. The van der Waals surface area contributed by atoms with Crippen LogP contribution in [0.2, 0.25) is 9.36 Å². The third-order valence-corrected chi connectivity index (χ3v) is 7.60. The van der Waals surface area contributed by atoms with Crippen LogP contribution in [0.5, 0.6) is 0 Å². The Morgan fingerprint density at radius 1 is 0.968 bits per heavy atom. The Hall–Kier alpha value is -2.85. The summed E-state index contributed by atoms with van der Waals surface area (Å²) in [6.45, 7) is 0. The lowest BCUT2D eigenvalue weighted by Gasteiger charge is -2.10. The quantitative estimate of drug-likeness (QED) is 0.423. The minimum Gasteiger partial charge on any atom is -0.307 e. The van der Waals surface area contributed by atoms with Crippen LogP contribution in [0.15, 0.2) is 75.9 Å². The molecule has 0 fully saturated rings. The number of hydrogen-bond acceptors (Lipinski definition) is 5. The van der Waals surface area contributed by atoms with Crippen molar-refractivity contribution in [2.24, 2.45) is 0 Å². The van der Waals surface area contributed by atoms with Crippen LogP contribution in [0.3, 0.4) is 0 Å². The average Bonchev–Trinajstić information content (AvgIpc) is 3.16. The molecule has 2 aromatic heterocycles. The van der Waals surface area contributed by atoms with Crippen molar-refractivity contribution in [2.75, 3.05) is 5.32 Å². The van der Waals surface area contributed by atoms with Gasteiger partial charge in [0.2, 0.25) is 0 Å². The highest BCUT2D eigenvalue weighted by molar-refractivity contribution is 7.92. The zero-order valence-corrected chi connectivity index (χ0v) is 18.6. The smallest absolute Gasteiger partial charge is 0.307 e. The Kier molecular flexibility index (Phi) is 5.76. The highest BCUT2D eigenvalue weighted by atomic mass is 35.5. The summed E-state index contributed by atoms with van der Waals surface area (Å²) in [7, 11) is -4.02. The first-order valence-electron chi connectivity index (χ1n) is 8.73. The van der Waals surface area contributed by atoms with E-state index in [0.717, 1.165) is 16.7 Å². The lowest BCUT2D eigenvalue weighted by Crippen LogP contribution is -2.33. The van der Waals surface area contributed by atoms with Crippen LogP contribution in [0.1, 0.15) is 0 Å². The van der Waals surface area contributed by atoms with E-state index >= 15 is 0 Å². The van der Waals surface area contributed by atoms with Gasteiger partial charge in [-0.3, -0.25) is 9.36 Å². The van der Waals surface area contributed by atoms with E-state index in [0.29, 0.717) is 26.1 Å². The Labute approximate surface area is 190 Å². The van der Waals surface area contributed by atoms with Gasteiger partial charge in [-0.05, 0) is 66.0 Å². The molecule has 2 heterocycles. The molecule has 31 heavy (non-hydrogen) atoms. The molecule has 0 aliphatic rings. The van der Waals surface area contributed by atoms with Crippen LogP contribution < -0.4 is 15.6 Å². The first-order chi connectivity index (χ1) is 14.7. The van der Waals surface area contributed by atoms with E-state index in [-0.39, 0.29) is 9.77 Å². The number of thiophene rings is 1. The maximum atomic E-state index is 12.8. The number of aromatic nitrogens is 1. The molecule has 0 radical (unpaired) electrons. The summed E-state index contributed by atoms with van der Waals surface area (Å²) < 4.78 is 28.0. The Morgan fingerprint density at radius 3 is 2.39 bits per heavy atom. The third kappa shape index (κ3) is 4.59. The number of sulfonamides is 1. The fourth-order valence-electron chi connectivity index (χ4n) is 2.90. The number of halogens is 2. The number of fused-ring (bicyclic) bond motifs is 1. The van der Waals surface area contributed by atoms with E-state index in [2.05, 4.69) is 5.32 Å². The summed E-state index contributed by atoms with van der Waals surface area (Å²) in [5.74, 6) is 0. The maximum Gasteiger partial charge on any atom is 0.333 e. The molecule has 0 spiro atoms. The lowest BCUT2D eigenvalue weighted by atomic mass is 10.1. The number of pyridine rings is 1. The Balaban J connectivity index is 1.52. The van der Waals surface area contributed by atoms with E-state index in [1.54, 1.807) is 54.7 Å². The average molecular weight is 494 g/mol. The standard InChI is InChI=1S/C20H13Cl2N3O4S2/c21-13-1-6-16-12(11-13)9-10-25(19(16)26)15-4-2-14(3-5-15)23-20(27)24-31(28,29)18-8-7-17(22)30-18/h1-11H,(H2,23,24,27). The zero-order valence-electron chi connectivity index (χ0n) is 15.5. The second-order valence-corrected chi connectivity index (χ2v) is 10.4. The highest BCUT2D eigenvalue weighted by Crippen LogP contribution is 2.25. The molecular weight excluding hydrogens is 481 g/mol. The molecule has 0 aliphatic heterocycles. The van der Waals surface area contributed by atoms with Gasteiger partial charge < -0.3 is 5.32 Å². The Morgan fingerprint density at radius 2 is 1.71 bits per heavy atom. The topological polar surface area (TPSA) is 97.3 Å². The van der Waals surface area contributed by atoms with Crippen LogP contribution in [0, 0.1) is 0 Å². The molecule has 158 valence electrons. The van der Waals surface area contributed by atoms with E-state index in [4.69, 9.17) is 23.2 Å². The van der Waals surface area contributed by atoms with Crippen molar-refractivity contribution in [1.82, 2.24) is 9.29 Å². The van der Waals surface area contributed by atoms with Crippen molar-refractivity contribution in [2.45, 2.75) is 4.21 Å². The van der Waals surface area contributed by atoms with Gasteiger partial charge in [0.15, 0.2) is 0 Å². The summed E-state index contributed by atoms with van der Waals surface area (Å²) in [4.78, 5) is 24.9. The van der Waals surface area contributed by atoms with E-state index in [1.807, 2.05) is 4.72 Å². The van der Waals surface area contributed by atoms with Crippen LogP contribution >= 0.6 is 34.5 Å². The number of rotatable bonds is 4. The molecule has 0 atom stereocenters. The molecule has 2 aromatic carbocycles. The first-order valence-corrected chi connectivity index (χ1v) is 11.8. The van der Waals surface area contributed by atoms with Crippen molar-refractivity contribution >= 4 is 67.1 Å². The number of nitrogens with one attached hydrogen (secondary N) is 2. The minimum atomic E-state index is -4.02. The van der Waals surface area contributed by atoms with Crippen molar-refractivity contribution in [3.05, 3.63) is 86.6 Å². The minimum absolute atomic E-state index is 0.0695.